The summed E-state index contributed by atoms with van der Waals surface area (Å²) in [6.07, 6.45) is 4.00. The Balaban J connectivity index is 0.000000913. The van der Waals surface area contributed by atoms with Crippen molar-refractivity contribution in [2.75, 3.05) is 32.8 Å². The largest absolute Gasteiger partial charge is 0.483 e. The molecule has 2 aromatic rings. The second-order valence-corrected chi connectivity index (χ2v) is 7.66. The van der Waals surface area contributed by atoms with Gasteiger partial charge in [0.2, 0.25) is 5.91 Å². The van der Waals surface area contributed by atoms with Gasteiger partial charge in [-0.3, -0.25) is 24.3 Å². The van der Waals surface area contributed by atoms with Gasteiger partial charge in [-0.2, -0.15) is 5.10 Å². The molecule has 2 bridgehead atoms. The van der Waals surface area contributed by atoms with Gasteiger partial charge in [0.15, 0.2) is 0 Å². The lowest BCUT2D eigenvalue weighted by atomic mass is 9.78. The minimum absolute atomic E-state index is 0.00183. The zero-order valence-electron chi connectivity index (χ0n) is 17.8. The molecular weight excluding hydrogens is 418 g/mol. The molecule has 0 aromatic carbocycles. The maximum atomic E-state index is 12.9. The number of piperidine rings is 1. The maximum Gasteiger partial charge on any atom is 0.290 e. The zero-order valence-corrected chi connectivity index (χ0v) is 17.8. The highest BCUT2D eigenvalue weighted by Gasteiger charge is 2.42. The second kappa shape index (κ2) is 10.7. The SMILES string of the molecule is CCOCC(=O)NC[C@H]1[C@H]2C[C@H](CN(C(=O)c3cn[nH]c3)C2)c2cccc(=O)n21.O=CO. The molecule has 11 nitrogen and oxygen atoms in total. The molecular formula is C21H27N5O6. The van der Waals surface area contributed by atoms with Gasteiger partial charge in [-0.25, -0.2) is 0 Å². The van der Waals surface area contributed by atoms with Crippen LogP contribution in [-0.2, 0) is 14.3 Å². The minimum atomic E-state index is -0.250. The molecule has 1 saturated heterocycles. The molecule has 3 atom stereocenters. The summed E-state index contributed by atoms with van der Waals surface area (Å²) in [7, 11) is 0. The molecule has 2 aliphatic rings. The van der Waals surface area contributed by atoms with Crippen LogP contribution in [0.2, 0.25) is 0 Å². The highest BCUT2D eigenvalue weighted by Crippen LogP contribution is 2.41. The van der Waals surface area contributed by atoms with Crippen LogP contribution >= 0.6 is 0 Å². The van der Waals surface area contributed by atoms with E-state index in [1.165, 1.54) is 6.20 Å². The van der Waals surface area contributed by atoms with Gasteiger partial charge in [0.05, 0.1) is 17.8 Å². The smallest absolute Gasteiger partial charge is 0.290 e. The van der Waals surface area contributed by atoms with Crippen LogP contribution < -0.4 is 10.9 Å². The van der Waals surface area contributed by atoms with E-state index in [1.807, 2.05) is 17.9 Å². The van der Waals surface area contributed by atoms with Crippen molar-refractivity contribution in [2.45, 2.75) is 25.3 Å². The lowest BCUT2D eigenvalue weighted by Gasteiger charge is -2.47. The number of likely N-dealkylation sites (tertiary alicyclic amines) is 1. The number of fused-ring (bicyclic) bond motifs is 4. The molecule has 0 saturated carbocycles. The van der Waals surface area contributed by atoms with E-state index in [2.05, 4.69) is 15.5 Å². The van der Waals surface area contributed by atoms with Crippen molar-refractivity contribution in [1.29, 1.82) is 0 Å². The Morgan fingerprint density at radius 1 is 1.38 bits per heavy atom. The Kier molecular flexibility index (Phi) is 7.77. The van der Waals surface area contributed by atoms with E-state index in [4.69, 9.17) is 14.6 Å². The van der Waals surface area contributed by atoms with Crippen molar-refractivity contribution in [3.63, 3.8) is 0 Å². The van der Waals surface area contributed by atoms with E-state index < -0.39 is 0 Å². The molecule has 2 aliphatic heterocycles. The van der Waals surface area contributed by atoms with Crippen LogP contribution in [0.5, 0.6) is 0 Å². The highest BCUT2D eigenvalue weighted by atomic mass is 16.5. The molecule has 11 heteroatoms. The van der Waals surface area contributed by atoms with Crippen LogP contribution in [-0.4, -0.2) is 75.9 Å². The number of H-pyrrole nitrogens is 1. The Labute approximate surface area is 184 Å². The van der Waals surface area contributed by atoms with Crippen LogP contribution in [0.25, 0.3) is 0 Å². The summed E-state index contributed by atoms with van der Waals surface area (Å²) < 4.78 is 6.96. The van der Waals surface area contributed by atoms with Crippen LogP contribution in [0.1, 0.15) is 41.4 Å². The number of nitrogens with one attached hydrogen (secondary N) is 2. The summed E-state index contributed by atoms with van der Waals surface area (Å²) in [6, 6.07) is 5.05. The molecule has 3 N–H and O–H groups in total. The topological polar surface area (TPSA) is 147 Å². The summed E-state index contributed by atoms with van der Waals surface area (Å²) >= 11 is 0. The normalized spacial score (nSPS) is 21.0. The monoisotopic (exact) mass is 445 g/mol. The van der Waals surface area contributed by atoms with E-state index in [9.17, 15) is 14.4 Å². The van der Waals surface area contributed by atoms with Gasteiger partial charge in [-0.1, -0.05) is 6.07 Å². The molecule has 32 heavy (non-hydrogen) atoms. The molecule has 0 aliphatic carbocycles. The van der Waals surface area contributed by atoms with Gasteiger partial charge in [-0.15, -0.1) is 0 Å². The molecule has 4 heterocycles. The van der Waals surface area contributed by atoms with Crippen molar-refractivity contribution >= 4 is 18.3 Å². The summed E-state index contributed by atoms with van der Waals surface area (Å²) in [5.74, 6) is -0.112. The summed E-state index contributed by atoms with van der Waals surface area (Å²) in [6.45, 7) is 3.47. The van der Waals surface area contributed by atoms with E-state index in [0.29, 0.717) is 31.8 Å². The first-order chi connectivity index (χ1) is 15.5. The van der Waals surface area contributed by atoms with Gasteiger partial charge >= 0.3 is 0 Å². The van der Waals surface area contributed by atoms with Crippen molar-refractivity contribution in [3.8, 4) is 0 Å². The van der Waals surface area contributed by atoms with Crippen LogP contribution in [0, 0.1) is 5.92 Å². The minimum Gasteiger partial charge on any atom is -0.483 e. The number of aromatic nitrogens is 3. The number of pyridine rings is 1. The average Bonchev–Trinajstić information content (AvgIpc) is 3.33. The Morgan fingerprint density at radius 2 is 2.16 bits per heavy atom. The number of ether oxygens (including phenoxy) is 1. The number of carboxylic acid groups (broad SMARTS) is 1. The number of hydrogen-bond donors (Lipinski definition) is 3. The molecule has 2 amide bonds. The Bertz CT molecular complexity index is 989. The standard InChI is InChI=1S/C20H25N5O4.CH2O2/c1-2-29-12-18(26)21-9-17-14-6-13(16-4-3-5-19(27)25(16)17)10-24(11-14)20(28)15-7-22-23-8-15;2-1-3/h3-5,7-8,13-14,17H,2,6,9-12H2,1H3,(H,21,26)(H,22,23);1H,(H,2,3)/t13-,14+,17+;/m1./s1. The van der Waals surface area contributed by atoms with E-state index in [1.54, 1.807) is 22.9 Å². The number of carbonyl (C=O) groups excluding carboxylic acids is 2. The number of aromatic amines is 1. The average molecular weight is 445 g/mol. The first-order valence-corrected chi connectivity index (χ1v) is 10.4. The van der Waals surface area contributed by atoms with Crippen molar-refractivity contribution < 1.29 is 24.2 Å². The van der Waals surface area contributed by atoms with Crippen LogP contribution in [0.3, 0.4) is 0 Å². The van der Waals surface area contributed by atoms with Gasteiger partial charge in [0.25, 0.3) is 17.9 Å². The fraction of sp³-hybridized carbons (Fsp3) is 0.476. The van der Waals surface area contributed by atoms with Gasteiger partial charge in [0.1, 0.15) is 6.61 Å². The molecule has 0 unspecified atom stereocenters. The predicted octanol–water partition coefficient (Wildman–Crippen LogP) is 0.226. The van der Waals surface area contributed by atoms with E-state index in [0.717, 1.165) is 12.1 Å². The maximum absolute atomic E-state index is 12.9. The fourth-order valence-electron chi connectivity index (χ4n) is 4.48. The number of hydrogen-bond acceptors (Lipinski definition) is 6. The fourth-order valence-corrected chi connectivity index (χ4v) is 4.48. The molecule has 1 fully saturated rings. The number of amides is 2. The van der Waals surface area contributed by atoms with Gasteiger partial charge in [0, 0.05) is 50.1 Å². The first kappa shape index (κ1) is 23.2. The first-order valence-electron chi connectivity index (χ1n) is 10.4. The Morgan fingerprint density at radius 3 is 2.84 bits per heavy atom. The zero-order chi connectivity index (χ0) is 23.1. The number of nitrogens with zero attached hydrogens (tertiary/aromatic N) is 3. The summed E-state index contributed by atoms with van der Waals surface area (Å²) in [5, 5.41) is 16.3. The molecule has 0 radical (unpaired) electrons. The van der Waals surface area contributed by atoms with Crippen molar-refractivity contribution in [1.82, 2.24) is 25.0 Å². The number of carbonyl (C=O) groups is 3. The number of rotatable bonds is 6. The van der Waals surface area contributed by atoms with E-state index in [-0.39, 0.29) is 48.3 Å². The van der Waals surface area contributed by atoms with Gasteiger partial charge < -0.3 is 24.6 Å². The third kappa shape index (κ3) is 5.05. The van der Waals surface area contributed by atoms with Crippen LogP contribution in [0.15, 0.2) is 35.4 Å². The molecule has 172 valence electrons. The lowest BCUT2D eigenvalue weighted by Crippen LogP contribution is -2.53. The molecule has 4 rings (SSSR count). The van der Waals surface area contributed by atoms with Crippen molar-refractivity contribution in [3.05, 3.63) is 52.2 Å². The third-order valence-corrected chi connectivity index (χ3v) is 5.78. The van der Waals surface area contributed by atoms with E-state index >= 15 is 0 Å². The third-order valence-electron chi connectivity index (χ3n) is 5.78. The lowest BCUT2D eigenvalue weighted by molar-refractivity contribution is -0.126. The summed E-state index contributed by atoms with van der Waals surface area (Å²) in [4.78, 5) is 47.8. The molecule has 2 aromatic heterocycles. The second-order valence-electron chi connectivity index (χ2n) is 7.66. The van der Waals surface area contributed by atoms with Crippen molar-refractivity contribution in [2.24, 2.45) is 5.92 Å². The highest BCUT2D eigenvalue weighted by molar-refractivity contribution is 5.93. The summed E-state index contributed by atoms with van der Waals surface area (Å²) in [5.41, 5.74) is 1.37. The predicted molar refractivity (Wildman–Crippen MR) is 113 cm³/mol. The van der Waals surface area contributed by atoms with Gasteiger partial charge in [-0.05, 0) is 25.3 Å². The Hall–Kier alpha value is -3.47. The quantitative estimate of drug-likeness (QED) is 0.539. The molecule has 0 spiro atoms. The van der Waals surface area contributed by atoms with Crippen LogP contribution in [0.4, 0.5) is 0 Å².